The van der Waals surface area contributed by atoms with Gasteiger partial charge in [-0.15, -0.1) is 4.91 Å². The number of aromatic nitrogens is 1. The Morgan fingerprint density at radius 3 is 2.67 bits per heavy atom. The van der Waals surface area contributed by atoms with Gasteiger partial charge in [0.25, 0.3) is 5.91 Å². The van der Waals surface area contributed by atoms with E-state index in [1.807, 2.05) is 31.2 Å². The molecule has 1 aromatic heterocycles. The number of hydrogen-bond donors (Lipinski definition) is 2. The number of carbonyl (C=O) groups excluding carboxylic acids is 1. The summed E-state index contributed by atoms with van der Waals surface area (Å²) in [5.41, 5.74) is 4.08. The SMILES string of the molecule is C=C/C(=C\C=C\c1ccc2c(n1)C(CC)=CNC(C(=O)NCC(=C)N=O)=C2C#N)C(C)(C)C. The van der Waals surface area contributed by atoms with Crippen molar-refractivity contribution in [3.8, 4) is 6.07 Å². The van der Waals surface area contributed by atoms with E-state index in [0.717, 1.165) is 16.8 Å². The predicted molar refractivity (Wildman–Crippen MR) is 133 cm³/mol. The molecule has 2 N–H and O–H groups in total. The summed E-state index contributed by atoms with van der Waals surface area (Å²) in [5, 5.41) is 18.0. The van der Waals surface area contributed by atoms with Crippen LogP contribution in [0.2, 0.25) is 0 Å². The minimum atomic E-state index is -0.538. The maximum Gasteiger partial charge on any atom is 0.269 e. The Kier molecular flexibility index (Phi) is 8.41. The lowest BCUT2D eigenvalue weighted by molar-refractivity contribution is -0.117. The number of hydrogen-bond acceptors (Lipinski definition) is 6. The lowest BCUT2D eigenvalue weighted by atomic mass is 9.86. The van der Waals surface area contributed by atoms with Gasteiger partial charge in [-0.3, -0.25) is 4.79 Å². The first-order valence-corrected chi connectivity index (χ1v) is 10.6. The van der Waals surface area contributed by atoms with Gasteiger partial charge < -0.3 is 10.6 Å². The molecule has 0 unspecified atom stereocenters. The predicted octanol–water partition coefficient (Wildman–Crippen LogP) is 5.24. The maximum absolute atomic E-state index is 12.7. The smallest absolute Gasteiger partial charge is 0.269 e. The molecular formula is C26H29N5O2. The minimum absolute atomic E-state index is 0.0144. The molecule has 33 heavy (non-hydrogen) atoms. The molecular weight excluding hydrogens is 414 g/mol. The van der Waals surface area contributed by atoms with Crippen LogP contribution >= 0.6 is 0 Å². The molecule has 2 heterocycles. The number of pyridine rings is 1. The fourth-order valence-electron chi connectivity index (χ4n) is 3.19. The molecule has 7 heteroatoms. The molecule has 2 rings (SSSR count). The lowest BCUT2D eigenvalue weighted by Crippen LogP contribution is -2.31. The quantitative estimate of drug-likeness (QED) is 0.422. The average molecular weight is 444 g/mol. The number of nitrogens with zero attached hydrogens (tertiary/aromatic N) is 3. The molecule has 0 aromatic carbocycles. The molecule has 1 amide bonds. The number of fused-ring (bicyclic) bond motifs is 1. The molecule has 1 aromatic rings. The van der Waals surface area contributed by atoms with Gasteiger partial charge >= 0.3 is 0 Å². The molecule has 7 nitrogen and oxygen atoms in total. The van der Waals surface area contributed by atoms with Crippen LogP contribution in [0.4, 0.5) is 0 Å². The van der Waals surface area contributed by atoms with Crippen LogP contribution in [0, 0.1) is 21.7 Å². The third-order valence-corrected chi connectivity index (χ3v) is 5.06. The molecule has 0 aliphatic carbocycles. The first kappa shape index (κ1) is 25.2. The van der Waals surface area contributed by atoms with Gasteiger partial charge in [0.15, 0.2) is 0 Å². The normalized spacial score (nSPS) is 13.9. The van der Waals surface area contributed by atoms with Crippen molar-refractivity contribution in [3.63, 3.8) is 0 Å². The summed E-state index contributed by atoms with van der Waals surface area (Å²) >= 11 is 0. The fourth-order valence-corrected chi connectivity index (χ4v) is 3.19. The third kappa shape index (κ3) is 6.23. The van der Waals surface area contributed by atoms with Crippen LogP contribution in [0.5, 0.6) is 0 Å². The van der Waals surface area contributed by atoms with Gasteiger partial charge in [0.2, 0.25) is 0 Å². The minimum Gasteiger partial charge on any atom is -0.356 e. The van der Waals surface area contributed by atoms with Gasteiger partial charge in [-0.1, -0.05) is 59.1 Å². The van der Waals surface area contributed by atoms with Crippen molar-refractivity contribution in [2.45, 2.75) is 34.1 Å². The summed E-state index contributed by atoms with van der Waals surface area (Å²) in [6.45, 7) is 15.5. The van der Waals surface area contributed by atoms with Gasteiger partial charge in [0, 0.05) is 11.8 Å². The van der Waals surface area contributed by atoms with Gasteiger partial charge in [0.1, 0.15) is 11.8 Å². The highest BCUT2D eigenvalue weighted by atomic mass is 16.3. The summed E-state index contributed by atoms with van der Waals surface area (Å²) in [5.74, 6) is -0.538. The molecule has 0 saturated heterocycles. The zero-order valence-electron chi connectivity index (χ0n) is 19.5. The second kappa shape index (κ2) is 11.0. The maximum atomic E-state index is 12.7. The number of amides is 1. The van der Waals surface area contributed by atoms with Gasteiger partial charge in [0.05, 0.1) is 29.2 Å². The van der Waals surface area contributed by atoms with Crippen molar-refractivity contribution in [1.29, 1.82) is 5.26 Å². The van der Waals surface area contributed by atoms with Crippen molar-refractivity contribution in [2.24, 2.45) is 10.6 Å². The van der Waals surface area contributed by atoms with Crippen LogP contribution in [0.3, 0.4) is 0 Å². The highest BCUT2D eigenvalue weighted by Crippen LogP contribution is 2.30. The largest absolute Gasteiger partial charge is 0.356 e. The number of rotatable bonds is 8. The van der Waals surface area contributed by atoms with Crippen LogP contribution in [0.15, 0.2) is 71.9 Å². The average Bonchev–Trinajstić information content (AvgIpc) is 2.95. The number of allylic oxidation sites excluding steroid dienone is 6. The Morgan fingerprint density at radius 1 is 1.36 bits per heavy atom. The Morgan fingerprint density at radius 2 is 2.09 bits per heavy atom. The fraction of sp³-hybridized carbons (Fsp3) is 0.269. The number of nitrogens with one attached hydrogen (secondary N) is 2. The molecule has 0 radical (unpaired) electrons. The van der Waals surface area contributed by atoms with Gasteiger partial charge in [-0.2, -0.15) is 5.26 Å². The molecule has 1 aliphatic rings. The van der Waals surface area contributed by atoms with Gasteiger partial charge in [-0.25, -0.2) is 4.98 Å². The molecule has 0 saturated carbocycles. The highest BCUT2D eigenvalue weighted by molar-refractivity contribution is 6.05. The molecule has 170 valence electrons. The zero-order valence-corrected chi connectivity index (χ0v) is 19.5. The van der Waals surface area contributed by atoms with E-state index in [2.05, 4.69) is 55.8 Å². The Labute approximate surface area is 195 Å². The summed E-state index contributed by atoms with van der Waals surface area (Å²) in [4.78, 5) is 27.9. The highest BCUT2D eigenvalue weighted by Gasteiger charge is 2.24. The molecule has 0 bridgehead atoms. The topological polar surface area (TPSA) is 107 Å². The number of carbonyl (C=O) groups is 1. The van der Waals surface area contributed by atoms with Crippen molar-refractivity contribution < 1.29 is 4.79 Å². The first-order chi connectivity index (χ1) is 15.7. The van der Waals surface area contributed by atoms with E-state index in [0.29, 0.717) is 17.7 Å². The summed E-state index contributed by atoms with van der Waals surface area (Å²) < 4.78 is 0. The summed E-state index contributed by atoms with van der Waals surface area (Å²) in [7, 11) is 0. The zero-order chi connectivity index (χ0) is 24.6. The Hall–Kier alpha value is -4.05. The standard InChI is InChI=1S/C26H29N5O2/c1-7-18-16-28-24(25(32)29-15-17(3)31-33)22(14-27)21-13-12-20(30-23(18)21)11-9-10-19(8-2)26(4,5)6/h8-13,16,28H,2-3,7,15H2,1,4-6H3,(H,29,32)/b11-9+,19-10+. The molecule has 0 fully saturated rings. The van der Waals surface area contributed by atoms with Crippen LogP contribution in [0.25, 0.3) is 17.2 Å². The summed E-state index contributed by atoms with van der Waals surface area (Å²) in [6.07, 6.45) is 9.99. The van der Waals surface area contributed by atoms with E-state index < -0.39 is 5.91 Å². The van der Waals surface area contributed by atoms with Crippen LogP contribution in [-0.2, 0) is 4.79 Å². The lowest BCUT2D eigenvalue weighted by Gasteiger charge is -2.19. The second-order valence-corrected chi connectivity index (χ2v) is 8.44. The Balaban J connectivity index is 2.49. The van der Waals surface area contributed by atoms with E-state index in [-0.39, 0.29) is 28.9 Å². The molecule has 1 aliphatic heterocycles. The van der Waals surface area contributed by atoms with Crippen LogP contribution in [0.1, 0.15) is 51.1 Å². The summed E-state index contributed by atoms with van der Waals surface area (Å²) in [6, 6.07) is 5.71. The molecule has 0 atom stereocenters. The van der Waals surface area contributed by atoms with E-state index >= 15 is 0 Å². The van der Waals surface area contributed by atoms with E-state index in [1.54, 1.807) is 18.3 Å². The van der Waals surface area contributed by atoms with Crippen molar-refractivity contribution in [1.82, 2.24) is 15.6 Å². The van der Waals surface area contributed by atoms with Crippen LogP contribution < -0.4 is 10.6 Å². The van der Waals surface area contributed by atoms with Crippen molar-refractivity contribution >= 4 is 23.1 Å². The van der Waals surface area contributed by atoms with E-state index in [9.17, 15) is 15.0 Å². The second-order valence-electron chi connectivity index (χ2n) is 8.44. The number of nitroso groups, excluding NO2 is 1. The van der Waals surface area contributed by atoms with Gasteiger partial charge in [-0.05, 0) is 46.4 Å². The molecule has 0 spiro atoms. The van der Waals surface area contributed by atoms with Crippen molar-refractivity contribution in [3.05, 3.63) is 88.5 Å². The Bertz CT molecular complexity index is 1140. The first-order valence-electron chi connectivity index (χ1n) is 10.6. The van der Waals surface area contributed by atoms with E-state index in [1.165, 1.54) is 0 Å². The van der Waals surface area contributed by atoms with Crippen LogP contribution in [-0.4, -0.2) is 17.4 Å². The van der Waals surface area contributed by atoms with E-state index in [4.69, 9.17) is 4.98 Å². The number of nitriles is 1. The monoisotopic (exact) mass is 443 g/mol. The van der Waals surface area contributed by atoms with Crippen molar-refractivity contribution in [2.75, 3.05) is 6.54 Å². The third-order valence-electron chi connectivity index (χ3n) is 5.06.